The summed E-state index contributed by atoms with van der Waals surface area (Å²) in [6.45, 7) is 3.70. The summed E-state index contributed by atoms with van der Waals surface area (Å²) in [7, 11) is -4.35. The molecular formula is C41H74NO10P. The maximum Gasteiger partial charge on any atom is 0.472 e. The summed E-state index contributed by atoms with van der Waals surface area (Å²) in [6, 6.07) is 0. The molecule has 6 N–H and O–H groups in total. The summed E-state index contributed by atoms with van der Waals surface area (Å²) in [5, 5.41) is 31.3. The Hall–Kier alpha value is -1.82. The van der Waals surface area contributed by atoms with E-state index in [-0.39, 0.29) is 51.0 Å². The van der Waals surface area contributed by atoms with Crippen LogP contribution in [0, 0.1) is 11.8 Å². The fourth-order valence-corrected chi connectivity index (χ4v) is 7.01. The number of aliphatic hydroxyl groups is 3. The largest absolute Gasteiger partial charge is 0.492 e. The lowest BCUT2D eigenvalue weighted by Gasteiger charge is -2.20. The maximum atomic E-state index is 12.5. The SMILES string of the molecule is CCCCCC/C=C\CCCCCCCC/C=C/O[C@H](COC(=O)C/C=C\C[C@H]1[C@@H](/C=C/[C@H](O)CCCCC)[C@H](O)C[C@@H]1O)COP(=O)(O)OCCN. The molecule has 1 rings (SSSR count). The van der Waals surface area contributed by atoms with Crippen molar-refractivity contribution >= 4 is 13.8 Å². The van der Waals surface area contributed by atoms with Gasteiger partial charge in [0.15, 0.2) is 6.10 Å². The van der Waals surface area contributed by atoms with Crippen molar-refractivity contribution in [2.24, 2.45) is 17.6 Å². The smallest absolute Gasteiger partial charge is 0.472 e. The van der Waals surface area contributed by atoms with E-state index in [9.17, 15) is 29.6 Å². The molecule has 0 aromatic heterocycles. The Kier molecular flexibility index (Phi) is 30.1. The third-order valence-corrected chi connectivity index (χ3v) is 10.4. The van der Waals surface area contributed by atoms with Crippen LogP contribution in [0.15, 0.2) is 48.8 Å². The van der Waals surface area contributed by atoms with Crippen molar-refractivity contribution in [2.75, 3.05) is 26.4 Å². The predicted molar refractivity (Wildman–Crippen MR) is 212 cm³/mol. The fourth-order valence-electron chi connectivity index (χ4n) is 6.24. The standard InChI is InChI=1S/C41H74NO10P/c1-3-5-7-8-9-10-11-12-13-14-15-16-17-18-19-23-30-49-36(34-52-53(47,48)51-31-29-42)33-50-41(46)26-22-21-25-37-38(40(45)32-39(37)44)28-27-35(43)24-20-6-4-2/h10-11,21-23,27-28,30,35-40,43-45H,3-9,12-20,24-26,29,31-34,42H2,1-2H3,(H,47,48)/b11-10-,22-21-,28-27+,30-23+/t35-,36-,37+,38-,39+,40-/m1/s1. The molecule has 0 bridgehead atoms. The lowest BCUT2D eigenvalue weighted by Crippen LogP contribution is -2.25. The predicted octanol–water partition coefficient (Wildman–Crippen LogP) is 8.36. The Morgan fingerprint density at radius 1 is 0.811 bits per heavy atom. The number of allylic oxidation sites excluding steroid dienone is 4. The molecule has 0 amide bonds. The van der Waals surface area contributed by atoms with Crippen molar-refractivity contribution in [2.45, 2.75) is 167 Å². The zero-order chi connectivity index (χ0) is 39.0. The van der Waals surface area contributed by atoms with E-state index in [1.807, 2.05) is 12.2 Å². The Labute approximate surface area is 320 Å². The van der Waals surface area contributed by atoms with Gasteiger partial charge in [-0.1, -0.05) is 115 Å². The van der Waals surface area contributed by atoms with Crippen LogP contribution >= 0.6 is 7.82 Å². The number of esters is 1. The first-order valence-electron chi connectivity index (χ1n) is 20.4. The van der Waals surface area contributed by atoms with Gasteiger partial charge in [-0.2, -0.15) is 0 Å². The molecule has 11 nitrogen and oxygen atoms in total. The second-order valence-electron chi connectivity index (χ2n) is 14.2. The molecule has 1 aliphatic rings. The van der Waals surface area contributed by atoms with Gasteiger partial charge < -0.3 is 35.4 Å². The van der Waals surface area contributed by atoms with Crippen molar-refractivity contribution < 1.29 is 48.1 Å². The first-order valence-corrected chi connectivity index (χ1v) is 21.9. The zero-order valence-corrected chi connectivity index (χ0v) is 33.7. The Balaban J connectivity index is 2.45. The number of hydrogen-bond donors (Lipinski definition) is 5. The molecule has 12 heteroatoms. The van der Waals surface area contributed by atoms with E-state index in [4.69, 9.17) is 24.3 Å². The number of phosphoric acid groups is 1. The number of aliphatic hydroxyl groups excluding tert-OH is 3. The maximum absolute atomic E-state index is 12.5. The zero-order valence-electron chi connectivity index (χ0n) is 32.8. The normalized spacial score (nSPS) is 21.6. The van der Waals surface area contributed by atoms with Crippen molar-refractivity contribution in [1.29, 1.82) is 0 Å². The Bertz CT molecular complexity index is 1070. The average Bonchev–Trinajstić information content (AvgIpc) is 3.41. The minimum Gasteiger partial charge on any atom is -0.492 e. The van der Waals surface area contributed by atoms with Crippen LogP contribution in [0.5, 0.6) is 0 Å². The molecule has 0 aromatic carbocycles. The Morgan fingerprint density at radius 2 is 1.43 bits per heavy atom. The molecule has 0 spiro atoms. The molecule has 7 atom stereocenters. The van der Waals surface area contributed by atoms with Crippen LogP contribution in [0.3, 0.4) is 0 Å². The van der Waals surface area contributed by atoms with Gasteiger partial charge in [-0.3, -0.25) is 13.8 Å². The van der Waals surface area contributed by atoms with Crippen molar-refractivity contribution in [3.63, 3.8) is 0 Å². The van der Waals surface area contributed by atoms with Gasteiger partial charge in [-0.25, -0.2) is 4.57 Å². The van der Waals surface area contributed by atoms with E-state index < -0.39 is 38.2 Å². The molecule has 0 saturated heterocycles. The number of unbranched alkanes of at least 4 members (excludes halogenated alkanes) is 13. The first-order chi connectivity index (χ1) is 25.6. The van der Waals surface area contributed by atoms with Gasteiger partial charge in [0.1, 0.15) is 6.61 Å². The van der Waals surface area contributed by atoms with Gasteiger partial charge in [0.05, 0.1) is 44.2 Å². The first kappa shape index (κ1) is 49.2. The summed E-state index contributed by atoms with van der Waals surface area (Å²) in [4.78, 5) is 22.4. The second-order valence-corrected chi connectivity index (χ2v) is 15.6. The van der Waals surface area contributed by atoms with Crippen LogP contribution in [0.1, 0.15) is 142 Å². The number of carbonyl (C=O) groups is 1. The lowest BCUT2D eigenvalue weighted by molar-refractivity contribution is -0.146. The van der Waals surface area contributed by atoms with E-state index in [0.29, 0.717) is 12.8 Å². The molecule has 1 aliphatic carbocycles. The van der Waals surface area contributed by atoms with E-state index >= 15 is 0 Å². The van der Waals surface area contributed by atoms with Gasteiger partial charge in [-0.05, 0) is 63.4 Å². The summed E-state index contributed by atoms with van der Waals surface area (Å²) < 4.78 is 33.1. The van der Waals surface area contributed by atoms with Crippen molar-refractivity contribution in [1.82, 2.24) is 0 Å². The van der Waals surface area contributed by atoms with Crippen molar-refractivity contribution in [3.05, 3.63) is 48.8 Å². The number of rotatable bonds is 34. The second kappa shape index (κ2) is 32.4. The minimum atomic E-state index is -4.35. The molecule has 0 aromatic rings. The molecule has 1 fully saturated rings. The molecule has 1 saturated carbocycles. The van der Waals surface area contributed by atoms with Gasteiger partial charge >= 0.3 is 13.8 Å². The highest BCUT2D eigenvalue weighted by molar-refractivity contribution is 7.47. The number of ether oxygens (including phenoxy) is 2. The summed E-state index contributed by atoms with van der Waals surface area (Å²) in [5.41, 5.74) is 5.35. The highest BCUT2D eigenvalue weighted by atomic mass is 31.2. The van der Waals surface area contributed by atoms with Gasteiger partial charge in [0.2, 0.25) is 0 Å². The fraction of sp³-hybridized carbons (Fsp3) is 0.780. The molecule has 1 unspecified atom stereocenters. The highest BCUT2D eigenvalue weighted by Crippen LogP contribution is 2.43. The van der Waals surface area contributed by atoms with Crippen LogP contribution in [-0.4, -0.2) is 77.0 Å². The molecular weight excluding hydrogens is 697 g/mol. The number of phosphoric ester groups is 1. The minimum absolute atomic E-state index is 0.0284. The highest BCUT2D eigenvalue weighted by Gasteiger charge is 2.39. The van der Waals surface area contributed by atoms with Crippen LogP contribution in [-0.2, 0) is 27.9 Å². The van der Waals surface area contributed by atoms with Gasteiger partial charge in [-0.15, -0.1) is 0 Å². The molecule has 0 aliphatic heterocycles. The average molecular weight is 772 g/mol. The molecule has 0 heterocycles. The van der Waals surface area contributed by atoms with Gasteiger partial charge in [0, 0.05) is 18.9 Å². The molecule has 0 radical (unpaired) electrons. The molecule has 308 valence electrons. The van der Waals surface area contributed by atoms with Crippen LogP contribution in [0.25, 0.3) is 0 Å². The van der Waals surface area contributed by atoms with E-state index in [0.717, 1.165) is 44.9 Å². The summed E-state index contributed by atoms with van der Waals surface area (Å²) in [5.74, 6) is -1.06. The van der Waals surface area contributed by atoms with Crippen molar-refractivity contribution in [3.8, 4) is 0 Å². The van der Waals surface area contributed by atoms with E-state index in [1.165, 1.54) is 64.0 Å². The quantitative estimate of drug-likeness (QED) is 0.0140. The van der Waals surface area contributed by atoms with E-state index in [2.05, 4.69) is 26.0 Å². The Morgan fingerprint density at radius 3 is 2.09 bits per heavy atom. The number of hydrogen-bond acceptors (Lipinski definition) is 10. The van der Waals surface area contributed by atoms with Crippen LogP contribution in [0.4, 0.5) is 0 Å². The molecule has 53 heavy (non-hydrogen) atoms. The summed E-state index contributed by atoms with van der Waals surface area (Å²) >= 11 is 0. The van der Waals surface area contributed by atoms with Crippen LogP contribution in [0.2, 0.25) is 0 Å². The number of nitrogens with two attached hydrogens (primary N) is 1. The monoisotopic (exact) mass is 772 g/mol. The lowest BCUT2D eigenvalue weighted by atomic mass is 9.89. The number of carbonyl (C=O) groups excluding carboxylic acids is 1. The third kappa shape index (κ3) is 26.6. The third-order valence-electron chi connectivity index (χ3n) is 9.41. The summed E-state index contributed by atoms with van der Waals surface area (Å²) in [6.07, 6.45) is 32.1. The van der Waals surface area contributed by atoms with Crippen LogP contribution < -0.4 is 5.73 Å². The van der Waals surface area contributed by atoms with Gasteiger partial charge in [0.25, 0.3) is 0 Å². The topological polar surface area (TPSA) is 178 Å². The van der Waals surface area contributed by atoms with E-state index in [1.54, 1.807) is 18.2 Å².